The molecule has 0 radical (unpaired) electrons. The minimum Gasteiger partial charge on any atom is -0.396 e. The Morgan fingerprint density at radius 3 is 2.48 bits per heavy atom. The fourth-order valence-electron chi connectivity index (χ4n) is 2.75. The van der Waals surface area contributed by atoms with Gasteiger partial charge in [0.15, 0.2) is 0 Å². The SMILES string of the molecule is Cc1cc(Br)cc(C)c1Nc1cc(-c2ccccn2)nc(NCCCO)n1. The number of hydrogen-bond donors (Lipinski definition) is 3. The van der Waals surface area contributed by atoms with E-state index in [1.165, 1.54) is 0 Å². The lowest BCUT2D eigenvalue weighted by molar-refractivity contribution is 0.292. The summed E-state index contributed by atoms with van der Waals surface area (Å²) in [5.74, 6) is 1.19. The van der Waals surface area contributed by atoms with E-state index >= 15 is 0 Å². The van der Waals surface area contributed by atoms with Gasteiger partial charge >= 0.3 is 0 Å². The van der Waals surface area contributed by atoms with Crippen molar-refractivity contribution >= 4 is 33.4 Å². The smallest absolute Gasteiger partial charge is 0.225 e. The van der Waals surface area contributed by atoms with Gasteiger partial charge in [-0.15, -0.1) is 0 Å². The van der Waals surface area contributed by atoms with Crippen molar-refractivity contribution in [2.75, 3.05) is 23.8 Å². The van der Waals surface area contributed by atoms with E-state index in [0.717, 1.165) is 32.7 Å². The van der Waals surface area contributed by atoms with Gasteiger partial charge in [0.25, 0.3) is 0 Å². The first-order chi connectivity index (χ1) is 13.1. The summed E-state index contributed by atoms with van der Waals surface area (Å²) in [5.41, 5.74) is 4.76. The Hall–Kier alpha value is -2.51. The second-order valence-corrected chi connectivity index (χ2v) is 7.14. The number of aliphatic hydroxyl groups is 1. The number of aromatic nitrogens is 3. The zero-order valence-corrected chi connectivity index (χ0v) is 16.9. The fraction of sp³-hybridized carbons (Fsp3) is 0.250. The molecular formula is C20H22BrN5O. The monoisotopic (exact) mass is 427 g/mol. The molecular weight excluding hydrogens is 406 g/mol. The maximum absolute atomic E-state index is 9.00. The molecule has 0 aliphatic heterocycles. The van der Waals surface area contributed by atoms with Crippen LogP contribution in [0.25, 0.3) is 11.4 Å². The Kier molecular flexibility index (Phi) is 6.36. The number of halogens is 1. The molecule has 3 rings (SSSR count). The number of pyridine rings is 1. The van der Waals surface area contributed by atoms with E-state index in [0.29, 0.717) is 24.7 Å². The number of aliphatic hydroxyl groups excluding tert-OH is 1. The lowest BCUT2D eigenvalue weighted by Gasteiger charge is -2.15. The van der Waals surface area contributed by atoms with Crippen LogP contribution < -0.4 is 10.6 Å². The topological polar surface area (TPSA) is 83.0 Å². The number of aryl methyl sites for hydroxylation is 2. The summed E-state index contributed by atoms with van der Waals surface area (Å²) >= 11 is 3.53. The lowest BCUT2D eigenvalue weighted by atomic mass is 10.1. The van der Waals surface area contributed by atoms with Crippen LogP contribution in [0, 0.1) is 13.8 Å². The molecule has 0 amide bonds. The molecule has 0 fully saturated rings. The van der Waals surface area contributed by atoms with Crippen molar-refractivity contribution in [3.8, 4) is 11.4 Å². The minimum atomic E-state index is 0.120. The summed E-state index contributed by atoms with van der Waals surface area (Å²) < 4.78 is 1.05. The van der Waals surface area contributed by atoms with Crippen molar-refractivity contribution in [3.63, 3.8) is 0 Å². The van der Waals surface area contributed by atoms with E-state index < -0.39 is 0 Å². The second-order valence-electron chi connectivity index (χ2n) is 6.22. The van der Waals surface area contributed by atoms with Crippen LogP contribution in [-0.2, 0) is 0 Å². The quantitative estimate of drug-likeness (QED) is 0.482. The zero-order valence-electron chi connectivity index (χ0n) is 15.3. The molecule has 1 aromatic carbocycles. The molecule has 0 aliphatic carbocycles. The van der Waals surface area contributed by atoms with E-state index in [-0.39, 0.29) is 6.61 Å². The van der Waals surface area contributed by atoms with Gasteiger partial charge in [0.1, 0.15) is 5.82 Å². The third kappa shape index (κ3) is 5.02. The third-order valence-electron chi connectivity index (χ3n) is 4.02. The van der Waals surface area contributed by atoms with Gasteiger partial charge < -0.3 is 15.7 Å². The Morgan fingerprint density at radius 2 is 1.81 bits per heavy atom. The van der Waals surface area contributed by atoms with E-state index in [1.54, 1.807) is 6.20 Å². The highest BCUT2D eigenvalue weighted by Crippen LogP contribution is 2.29. The van der Waals surface area contributed by atoms with Crippen molar-refractivity contribution in [3.05, 3.63) is 58.2 Å². The molecule has 2 heterocycles. The average molecular weight is 428 g/mol. The molecule has 2 aromatic heterocycles. The van der Waals surface area contributed by atoms with Gasteiger partial charge in [-0.25, -0.2) is 4.98 Å². The molecule has 0 aliphatic rings. The van der Waals surface area contributed by atoms with Crippen molar-refractivity contribution in [1.82, 2.24) is 15.0 Å². The van der Waals surface area contributed by atoms with Gasteiger partial charge in [-0.2, -0.15) is 4.98 Å². The van der Waals surface area contributed by atoms with Gasteiger partial charge in [0, 0.05) is 35.6 Å². The maximum Gasteiger partial charge on any atom is 0.225 e. The number of benzene rings is 1. The van der Waals surface area contributed by atoms with Crippen LogP contribution in [0.4, 0.5) is 17.5 Å². The van der Waals surface area contributed by atoms with Gasteiger partial charge in [0.05, 0.1) is 11.4 Å². The van der Waals surface area contributed by atoms with Crippen molar-refractivity contribution in [2.45, 2.75) is 20.3 Å². The first-order valence-corrected chi connectivity index (χ1v) is 9.55. The second kappa shape index (κ2) is 8.92. The van der Waals surface area contributed by atoms with Gasteiger partial charge in [-0.05, 0) is 55.7 Å². The van der Waals surface area contributed by atoms with Gasteiger partial charge in [-0.3, -0.25) is 4.98 Å². The van der Waals surface area contributed by atoms with Crippen LogP contribution in [-0.4, -0.2) is 33.2 Å². The summed E-state index contributed by atoms with van der Waals surface area (Å²) in [6, 6.07) is 11.7. The molecule has 6 nitrogen and oxygen atoms in total. The summed E-state index contributed by atoms with van der Waals surface area (Å²) in [4.78, 5) is 13.5. The highest BCUT2D eigenvalue weighted by atomic mass is 79.9. The van der Waals surface area contributed by atoms with Gasteiger partial charge in [0.2, 0.25) is 5.95 Å². The molecule has 0 bridgehead atoms. The largest absolute Gasteiger partial charge is 0.396 e. The molecule has 3 N–H and O–H groups in total. The molecule has 27 heavy (non-hydrogen) atoms. The number of hydrogen-bond acceptors (Lipinski definition) is 6. The molecule has 3 aromatic rings. The predicted octanol–water partition coefficient (Wildman–Crippen LogP) is 4.46. The van der Waals surface area contributed by atoms with Crippen LogP contribution in [0.5, 0.6) is 0 Å². The molecule has 0 atom stereocenters. The summed E-state index contributed by atoms with van der Waals surface area (Å²) in [5, 5.41) is 15.6. The maximum atomic E-state index is 9.00. The lowest BCUT2D eigenvalue weighted by Crippen LogP contribution is -2.09. The van der Waals surface area contributed by atoms with Crippen LogP contribution in [0.3, 0.4) is 0 Å². The number of anilines is 3. The van der Waals surface area contributed by atoms with Crippen LogP contribution in [0.1, 0.15) is 17.5 Å². The molecule has 7 heteroatoms. The first-order valence-electron chi connectivity index (χ1n) is 8.76. The van der Waals surface area contributed by atoms with E-state index in [9.17, 15) is 0 Å². The Labute approximate surface area is 167 Å². The van der Waals surface area contributed by atoms with E-state index in [4.69, 9.17) is 5.11 Å². The highest BCUT2D eigenvalue weighted by Gasteiger charge is 2.10. The number of rotatable bonds is 7. The van der Waals surface area contributed by atoms with Gasteiger partial charge in [-0.1, -0.05) is 22.0 Å². The minimum absolute atomic E-state index is 0.120. The fourth-order valence-corrected chi connectivity index (χ4v) is 3.44. The summed E-state index contributed by atoms with van der Waals surface area (Å²) in [6.45, 7) is 4.83. The number of nitrogens with zero attached hydrogens (tertiary/aromatic N) is 3. The van der Waals surface area contributed by atoms with Crippen LogP contribution in [0.15, 0.2) is 47.1 Å². The summed E-state index contributed by atoms with van der Waals surface area (Å²) in [6.07, 6.45) is 2.37. The van der Waals surface area contributed by atoms with Crippen molar-refractivity contribution in [1.29, 1.82) is 0 Å². The number of nitrogens with one attached hydrogen (secondary N) is 2. The third-order valence-corrected chi connectivity index (χ3v) is 4.48. The molecule has 140 valence electrons. The Bertz CT molecular complexity index is 894. The van der Waals surface area contributed by atoms with Crippen LogP contribution in [0.2, 0.25) is 0 Å². The Morgan fingerprint density at radius 1 is 1.04 bits per heavy atom. The molecule has 0 spiro atoms. The van der Waals surface area contributed by atoms with Crippen molar-refractivity contribution in [2.24, 2.45) is 0 Å². The predicted molar refractivity (Wildman–Crippen MR) is 112 cm³/mol. The molecule has 0 saturated heterocycles. The van der Waals surface area contributed by atoms with Crippen LogP contribution >= 0.6 is 15.9 Å². The standard InChI is InChI=1S/C20H22BrN5O/c1-13-10-15(21)11-14(2)19(13)25-18-12-17(16-6-3-4-7-22-16)24-20(26-18)23-8-5-9-27/h3-4,6-7,10-12,27H,5,8-9H2,1-2H3,(H2,23,24,25,26). The van der Waals surface area contributed by atoms with E-state index in [1.807, 2.05) is 24.3 Å². The van der Waals surface area contributed by atoms with E-state index in [2.05, 4.69) is 67.5 Å². The Balaban J connectivity index is 1.97. The summed E-state index contributed by atoms with van der Waals surface area (Å²) in [7, 11) is 0. The van der Waals surface area contributed by atoms with Crippen molar-refractivity contribution < 1.29 is 5.11 Å². The average Bonchev–Trinajstić information content (AvgIpc) is 2.65. The first kappa shape index (κ1) is 19.3. The molecule has 0 unspecified atom stereocenters. The normalized spacial score (nSPS) is 10.7. The zero-order chi connectivity index (χ0) is 19.2. The molecule has 0 saturated carbocycles. The highest BCUT2D eigenvalue weighted by molar-refractivity contribution is 9.10.